The van der Waals surface area contributed by atoms with Gasteiger partial charge >= 0.3 is 6.09 Å². The molecule has 2 aromatic heterocycles. The predicted octanol–water partition coefficient (Wildman–Crippen LogP) is 2.23. The van der Waals surface area contributed by atoms with Crippen LogP contribution in [0.1, 0.15) is 12.0 Å². The molecule has 1 aromatic carbocycles. The quantitative estimate of drug-likeness (QED) is 0.485. The van der Waals surface area contributed by atoms with Gasteiger partial charge in [0.25, 0.3) is 11.8 Å². The number of aliphatic hydroxyl groups is 1. The van der Waals surface area contributed by atoms with Crippen molar-refractivity contribution in [1.29, 1.82) is 0 Å². The van der Waals surface area contributed by atoms with Crippen molar-refractivity contribution in [3.63, 3.8) is 0 Å². The molecule has 2 atom stereocenters. The number of hydrogen-bond acceptors (Lipinski definition) is 8. The number of nitrogens with zero attached hydrogens (tertiary/aromatic N) is 5. The topological polar surface area (TPSA) is 123 Å². The van der Waals surface area contributed by atoms with E-state index in [0.717, 1.165) is 17.0 Å². The number of benzene rings is 1. The molecule has 3 aromatic rings. The van der Waals surface area contributed by atoms with Gasteiger partial charge in [-0.25, -0.2) is 13.6 Å². The van der Waals surface area contributed by atoms with Gasteiger partial charge in [0.15, 0.2) is 12.2 Å². The Morgan fingerprint density at radius 3 is 2.76 bits per heavy atom. The Hall–Kier alpha value is -4.26. The van der Waals surface area contributed by atoms with E-state index in [4.69, 9.17) is 9.47 Å². The first kappa shape index (κ1) is 24.4. The Balaban J connectivity index is 1.23. The third-order valence-corrected chi connectivity index (χ3v) is 6.09. The first-order valence-electron chi connectivity index (χ1n) is 11.5. The molecule has 0 spiro atoms. The third kappa shape index (κ3) is 5.31. The summed E-state index contributed by atoms with van der Waals surface area (Å²) < 4.78 is 46.8. The van der Waals surface area contributed by atoms with Crippen LogP contribution in [-0.4, -0.2) is 75.4 Å². The van der Waals surface area contributed by atoms with Gasteiger partial charge in [0.1, 0.15) is 24.5 Å². The van der Waals surface area contributed by atoms with Crippen LogP contribution in [0.4, 0.5) is 19.3 Å². The van der Waals surface area contributed by atoms with E-state index >= 15 is 8.78 Å². The van der Waals surface area contributed by atoms with E-state index in [0.29, 0.717) is 5.57 Å². The van der Waals surface area contributed by atoms with E-state index in [2.05, 4.69) is 14.8 Å². The third-order valence-electron chi connectivity index (χ3n) is 6.09. The molecule has 5 rings (SSSR count). The summed E-state index contributed by atoms with van der Waals surface area (Å²) in [6, 6.07) is 5.33. The highest BCUT2D eigenvalue weighted by Gasteiger charge is 2.34. The Bertz CT molecular complexity index is 1270. The number of aliphatic hydroxyl groups excluding tert-OH is 1. The standard InChI is InChI=1S/C24H23F2N5O6/c25-18-10-16(31-12-17(37-24(31)34)14-35-21-4-9-36-28-21)11-19(26)22(18)15-2-7-29(8-3-15)23(33)20(32)13-30-6-1-5-27-30/h1-2,4-6,9-11,17,20,32H,3,7-8,12-14H2/t17-,20?/m1/s1. The Morgan fingerprint density at radius 1 is 1.30 bits per heavy atom. The smallest absolute Gasteiger partial charge is 0.414 e. The highest BCUT2D eigenvalue weighted by molar-refractivity contribution is 5.90. The second-order valence-corrected chi connectivity index (χ2v) is 8.56. The van der Waals surface area contributed by atoms with Gasteiger partial charge in [0.2, 0.25) is 0 Å². The number of carbonyl (C=O) groups is 2. The van der Waals surface area contributed by atoms with Gasteiger partial charge < -0.3 is 24.0 Å². The molecule has 1 unspecified atom stereocenters. The summed E-state index contributed by atoms with van der Waals surface area (Å²) in [5.41, 5.74) is 0.198. The molecule has 4 heterocycles. The number of rotatable bonds is 8. The lowest BCUT2D eigenvalue weighted by molar-refractivity contribution is -0.140. The fourth-order valence-corrected chi connectivity index (χ4v) is 4.27. The maximum absolute atomic E-state index is 15.1. The number of carbonyl (C=O) groups excluding carboxylic acids is 2. The molecule has 2 aliphatic heterocycles. The highest BCUT2D eigenvalue weighted by Crippen LogP contribution is 2.32. The number of halogens is 2. The summed E-state index contributed by atoms with van der Waals surface area (Å²) in [6.07, 6.45) is 3.57. The number of cyclic esters (lactones) is 1. The van der Waals surface area contributed by atoms with Crippen molar-refractivity contribution in [2.24, 2.45) is 0 Å². The number of aromatic nitrogens is 3. The van der Waals surface area contributed by atoms with Crippen molar-refractivity contribution in [1.82, 2.24) is 19.8 Å². The predicted molar refractivity (Wildman–Crippen MR) is 123 cm³/mol. The van der Waals surface area contributed by atoms with Gasteiger partial charge in [-0.2, -0.15) is 5.10 Å². The lowest BCUT2D eigenvalue weighted by Gasteiger charge is -2.29. The molecular weight excluding hydrogens is 492 g/mol. The summed E-state index contributed by atoms with van der Waals surface area (Å²) in [7, 11) is 0. The zero-order valence-corrected chi connectivity index (χ0v) is 19.5. The van der Waals surface area contributed by atoms with Crippen molar-refractivity contribution in [3.8, 4) is 5.88 Å². The molecule has 0 aliphatic carbocycles. The van der Waals surface area contributed by atoms with Crippen LogP contribution in [0.15, 0.2) is 53.5 Å². The van der Waals surface area contributed by atoms with Gasteiger partial charge in [-0.15, -0.1) is 0 Å². The Kier molecular flexibility index (Phi) is 6.86. The maximum atomic E-state index is 15.1. The van der Waals surface area contributed by atoms with Crippen molar-refractivity contribution in [3.05, 3.63) is 66.2 Å². The van der Waals surface area contributed by atoms with Crippen LogP contribution >= 0.6 is 0 Å². The minimum Gasteiger partial charge on any atom is -0.471 e. The molecule has 1 saturated heterocycles. The number of hydrogen-bond donors (Lipinski definition) is 1. The largest absolute Gasteiger partial charge is 0.471 e. The monoisotopic (exact) mass is 515 g/mol. The Morgan fingerprint density at radius 2 is 2.11 bits per heavy atom. The lowest BCUT2D eigenvalue weighted by Crippen LogP contribution is -2.43. The maximum Gasteiger partial charge on any atom is 0.414 e. The SMILES string of the molecule is O=C(C(O)Cn1cccn1)N1CC=C(c2c(F)cc(N3C[C@H](COc4ccon4)OC3=O)cc2F)CC1. The van der Waals surface area contributed by atoms with E-state index in [-0.39, 0.29) is 56.3 Å². The molecule has 13 heteroatoms. The first-order chi connectivity index (χ1) is 17.9. The van der Waals surface area contributed by atoms with E-state index in [1.165, 1.54) is 21.9 Å². The summed E-state index contributed by atoms with van der Waals surface area (Å²) >= 11 is 0. The summed E-state index contributed by atoms with van der Waals surface area (Å²) in [4.78, 5) is 27.4. The number of anilines is 1. The van der Waals surface area contributed by atoms with Gasteiger partial charge in [-0.1, -0.05) is 6.08 Å². The molecule has 0 radical (unpaired) electrons. The number of ether oxygens (including phenoxy) is 2. The van der Waals surface area contributed by atoms with Crippen molar-refractivity contribution in [2.75, 3.05) is 31.1 Å². The molecule has 1 fully saturated rings. The second-order valence-electron chi connectivity index (χ2n) is 8.56. The van der Waals surface area contributed by atoms with Gasteiger partial charge in [-0.05, 0) is 35.3 Å². The van der Waals surface area contributed by atoms with Crippen molar-refractivity contribution in [2.45, 2.75) is 25.2 Å². The fraction of sp³-hybridized carbons (Fsp3) is 0.333. The highest BCUT2D eigenvalue weighted by atomic mass is 19.1. The second kappa shape index (κ2) is 10.4. The summed E-state index contributed by atoms with van der Waals surface area (Å²) in [5.74, 6) is -1.94. The van der Waals surface area contributed by atoms with Crippen LogP contribution in [0.25, 0.3) is 5.57 Å². The van der Waals surface area contributed by atoms with Gasteiger partial charge in [-0.3, -0.25) is 14.4 Å². The van der Waals surface area contributed by atoms with Crippen LogP contribution in [0.5, 0.6) is 5.88 Å². The van der Waals surface area contributed by atoms with Crippen LogP contribution in [-0.2, 0) is 16.1 Å². The van der Waals surface area contributed by atoms with Crippen LogP contribution < -0.4 is 9.64 Å². The van der Waals surface area contributed by atoms with E-state index in [9.17, 15) is 14.7 Å². The normalized spacial score (nSPS) is 18.5. The zero-order valence-electron chi connectivity index (χ0n) is 19.5. The average molecular weight is 515 g/mol. The zero-order chi connectivity index (χ0) is 25.9. The molecule has 0 saturated carbocycles. The summed E-state index contributed by atoms with van der Waals surface area (Å²) in [5, 5.41) is 17.8. The van der Waals surface area contributed by atoms with Gasteiger partial charge in [0.05, 0.1) is 18.8 Å². The van der Waals surface area contributed by atoms with E-state index in [1.807, 2.05) is 0 Å². The van der Waals surface area contributed by atoms with Crippen molar-refractivity contribution >= 4 is 23.3 Å². The fourth-order valence-electron chi connectivity index (χ4n) is 4.27. The molecule has 1 N–H and O–H groups in total. The first-order valence-corrected chi connectivity index (χ1v) is 11.5. The molecule has 2 amide bonds. The molecule has 37 heavy (non-hydrogen) atoms. The minimum atomic E-state index is -1.28. The van der Waals surface area contributed by atoms with Crippen LogP contribution in [0.3, 0.4) is 0 Å². The van der Waals surface area contributed by atoms with Crippen LogP contribution in [0.2, 0.25) is 0 Å². The minimum absolute atomic E-state index is 0.00340. The van der Waals surface area contributed by atoms with E-state index in [1.54, 1.807) is 24.5 Å². The summed E-state index contributed by atoms with van der Waals surface area (Å²) in [6.45, 7) is 0.325. The van der Waals surface area contributed by atoms with Gasteiger partial charge in [0, 0.05) is 37.1 Å². The Labute approximate surface area is 209 Å². The molecule has 11 nitrogen and oxygen atoms in total. The molecule has 2 aliphatic rings. The number of amides is 2. The van der Waals surface area contributed by atoms with Crippen LogP contribution in [0, 0.1) is 11.6 Å². The average Bonchev–Trinajstić information content (AvgIpc) is 3.65. The molecule has 0 bridgehead atoms. The lowest BCUT2D eigenvalue weighted by atomic mass is 9.97. The molecule has 194 valence electrons. The van der Waals surface area contributed by atoms with E-state index < -0.39 is 35.8 Å². The molecular formula is C24H23F2N5O6. The van der Waals surface area contributed by atoms with Crippen molar-refractivity contribution < 1.29 is 37.5 Å².